The molecule has 7 heteroatoms. The van der Waals surface area contributed by atoms with E-state index < -0.39 is 12.1 Å². The Kier molecular flexibility index (Phi) is 5.70. The van der Waals surface area contributed by atoms with Crippen molar-refractivity contribution in [3.63, 3.8) is 0 Å². The lowest BCUT2D eigenvalue weighted by Crippen LogP contribution is -2.17. The molecule has 1 unspecified atom stereocenters. The third-order valence-corrected chi connectivity index (χ3v) is 6.51. The predicted octanol–water partition coefficient (Wildman–Crippen LogP) is 5.33. The number of carboxylic acid groups (broad SMARTS) is 1. The summed E-state index contributed by atoms with van der Waals surface area (Å²) in [7, 11) is 1.51. The second kappa shape index (κ2) is 8.81. The van der Waals surface area contributed by atoms with E-state index in [1.165, 1.54) is 19.4 Å². The van der Waals surface area contributed by atoms with Crippen molar-refractivity contribution in [1.29, 1.82) is 0 Å². The number of fused-ring (bicyclic) bond motifs is 1. The topological polar surface area (TPSA) is 81.5 Å². The Hall–Kier alpha value is -3.48. The minimum absolute atomic E-state index is 0.00299. The van der Waals surface area contributed by atoms with Crippen molar-refractivity contribution in [3.05, 3.63) is 71.3 Å². The van der Waals surface area contributed by atoms with Crippen LogP contribution >= 0.6 is 0 Å². The average molecular weight is 448 g/mol. The van der Waals surface area contributed by atoms with Gasteiger partial charge in [0.05, 0.1) is 31.6 Å². The van der Waals surface area contributed by atoms with Crippen LogP contribution in [0.4, 0.5) is 4.39 Å². The molecule has 2 aliphatic rings. The number of halogens is 1. The van der Waals surface area contributed by atoms with Gasteiger partial charge in [0.1, 0.15) is 17.7 Å². The minimum Gasteiger partial charge on any atom is -0.485 e. The van der Waals surface area contributed by atoms with E-state index in [0.717, 1.165) is 36.1 Å². The Morgan fingerprint density at radius 1 is 1.21 bits per heavy atom. The Morgan fingerprint density at radius 3 is 2.79 bits per heavy atom. The van der Waals surface area contributed by atoms with Crippen LogP contribution in [0.15, 0.2) is 48.8 Å². The van der Waals surface area contributed by atoms with Crippen molar-refractivity contribution in [2.75, 3.05) is 7.11 Å². The largest absolute Gasteiger partial charge is 0.485 e. The Morgan fingerprint density at radius 2 is 2.06 bits per heavy atom. The Balaban J connectivity index is 1.38. The predicted molar refractivity (Wildman–Crippen MR) is 120 cm³/mol. The van der Waals surface area contributed by atoms with Gasteiger partial charge >= 0.3 is 5.97 Å². The summed E-state index contributed by atoms with van der Waals surface area (Å²) in [6, 6.07) is 11.0. The normalized spacial score (nSPS) is 18.2. The van der Waals surface area contributed by atoms with Crippen molar-refractivity contribution >= 4 is 5.97 Å². The molecule has 0 spiro atoms. The fourth-order valence-electron chi connectivity index (χ4n) is 4.61. The van der Waals surface area contributed by atoms with Crippen molar-refractivity contribution in [2.45, 2.75) is 44.1 Å². The molecular formula is C26H25FN2O4. The molecule has 1 aliphatic carbocycles. The molecule has 1 N–H and O–H groups in total. The van der Waals surface area contributed by atoms with E-state index >= 15 is 4.39 Å². The van der Waals surface area contributed by atoms with Crippen molar-refractivity contribution in [1.82, 2.24) is 9.97 Å². The lowest BCUT2D eigenvalue weighted by molar-refractivity contribution is -0.137. The summed E-state index contributed by atoms with van der Waals surface area (Å²) in [5, 5.41) is 9.33. The van der Waals surface area contributed by atoms with Crippen LogP contribution in [0.2, 0.25) is 0 Å². The molecule has 1 aliphatic heterocycles. The van der Waals surface area contributed by atoms with Crippen LogP contribution in [0.3, 0.4) is 0 Å². The van der Waals surface area contributed by atoms with Crippen LogP contribution in [0.5, 0.6) is 11.6 Å². The van der Waals surface area contributed by atoms with Crippen LogP contribution in [0.1, 0.15) is 54.4 Å². The van der Waals surface area contributed by atoms with E-state index in [9.17, 15) is 9.90 Å². The smallest absolute Gasteiger partial charge is 0.303 e. The minimum atomic E-state index is -0.786. The Bertz CT molecular complexity index is 1190. The number of methoxy groups -OCH3 is 1. The average Bonchev–Trinajstić information content (AvgIpc) is 3.67. The number of benzene rings is 2. The van der Waals surface area contributed by atoms with Crippen LogP contribution in [0, 0.1) is 11.7 Å². The first-order valence-electron chi connectivity index (χ1n) is 11.2. The highest BCUT2D eigenvalue weighted by atomic mass is 19.1. The van der Waals surface area contributed by atoms with E-state index in [2.05, 4.69) is 9.97 Å². The molecule has 2 atom stereocenters. The molecule has 0 saturated heterocycles. The standard InChI is InChI=1S/C26H25FN2O4/c1-32-25-14-28-13-22(29-25)18-6-8-19(21(27)10-18)23-9-7-16-4-5-17(11-24(16)33-23)20(12-26(30)31)15-2-3-15/h4-6,8,10-11,13-15,20,23H,2-3,7,9,12H2,1H3,(H,30,31)/t20-,23?/m0/s1. The third-order valence-electron chi connectivity index (χ3n) is 6.51. The summed E-state index contributed by atoms with van der Waals surface area (Å²) in [4.78, 5) is 19.8. The molecular weight excluding hydrogens is 423 g/mol. The van der Waals surface area contributed by atoms with Crippen LogP contribution in [-0.2, 0) is 11.2 Å². The lowest BCUT2D eigenvalue weighted by atomic mass is 9.88. The molecule has 1 fully saturated rings. The first-order valence-corrected chi connectivity index (χ1v) is 11.2. The van der Waals surface area contributed by atoms with Gasteiger partial charge in [0.2, 0.25) is 5.88 Å². The maximum Gasteiger partial charge on any atom is 0.303 e. The zero-order chi connectivity index (χ0) is 22.9. The van der Waals surface area contributed by atoms with Crippen molar-refractivity contribution in [2.24, 2.45) is 5.92 Å². The van der Waals surface area contributed by atoms with Crippen LogP contribution < -0.4 is 9.47 Å². The number of hydrogen-bond donors (Lipinski definition) is 1. The molecule has 0 bridgehead atoms. The van der Waals surface area contributed by atoms with Gasteiger partial charge in [-0.2, -0.15) is 0 Å². The summed E-state index contributed by atoms with van der Waals surface area (Å²) >= 11 is 0. The quantitative estimate of drug-likeness (QED) is 0.526. The maximum absolute atomic E-state index is 15.1. The molecule has 2 aromatic carbocycles. The SMILES string of the molecule is COc1cncc(-c2ccc(C3CCc4ccc([C@@H](CC(=O)O)C5CC5)cc4O3)c(F)c2)n1. The zero-order valence-electron chi connectivity index (χ0n) is 18.3. The molecule has 5 rings (SSSR count). The maximum atomic E-state index is 15.1. The Labute approximate surface area is 191 Å². The molecule has 0 radical (unpaired) electrons. The van der Waals surface area contributed by atoms with E-state index in [4.69, 9.17) is 9.47 Å². The molecule has 1 saturated carbocycles. The molecule has 2 heterocycles. The monoisotopic (exact) mass is 448 g/mol. The van der Waals surface area contributed by atoms with E-state index in [-0.39, 0.29) is 18.2 Å². The number of nitrogens with zero attached hydrogens (tertiary/aromatic N) is 2. The van der Waals surface area contributed by atoms with Gasteiger partial charge in [-0.05, 0) is 60.8 Å². The van der Waals surface area contributed by atoms with Crippen molar-refractivity contribution < 1.29 is 23.8 Å². The number of aliphatic carboxylic acids is 1. The number of aromatic nitrogens is 2. The van der Waals surface area contributed by atoms with Gasteiger partial charge in [0.25, 0.3) is 0 Å². The number of aryl methyl sites for hydroxylation is 1. The molecule has 170 valence electrons. The fraction of sp³-hybridized carbons (Fsp3) is 0.346. The molecule has 1 aromatic heterocycles. The third kappa shape index (κ3) is 4.53. The number of ether oxygens (including phenoxy) is 2. The first-order chi connectivity index (χ1) is 16.0. The fourth-order valence-corrected chi connectivity index (χ4v) is 4.61. The summed E-state index contributed by atoms with van der Waals surface area (Å²) in [5.74, 6) is 0.365. The second-order valence-electron chi connectivity index (χ2n) is 8.74. The molecule has 0 amide bonds. The highest BCUT2D eigenvalue weighted by molar-refractivity contribution is 5.68. The van der Waals surface area contributed by atoms with Gasteiger partial charge in [0, 0.05) is 11.1 Å². The number of carboxylic acids is 1. The van der Waals surface area contributed by atoms with Gasteiger partial charge in [-0.1, -0.05) is 24.3 Å². The summed E-state index contributed by atoms with van der Waals surface area (Å²) < 4.78 is 26.5. The number of hydrogen-bond acceptors (Lipinski definition) is 5. The first kappa shape index (κ1) is 21.4. The summed E-state index contributed by atoms with van der Waals surface area (Å²) in [6.45, 7) is 0. The summed E-state index contributed by atoms with van der Waals surface area (Å²) in [6.07, 6.45) is 6.35. The van der Waals surface area contributed by atoms with Gasteiger partial charge in [-0.15, -0.1) is 0 Å². The number of carbonyl (C=O) groups is 1. The van der Waals surface area contributed by atoms with Crippen LogP contribution in [0.25, 0.3) is 11.3 Å². The molecule has 6 nitrogen and oxygen atoms in total. The lowest BCUT2D eigenvalue weighted by Gasteiger charge is -2.28. The highest BCUT2D eigenvalue weighted by Crippen LogP contribution is 2.46. The van der Waals surface area contributed by atoms with Gasteiger partial charge in [-0.3, -0.25) is 9.78 Å². The summed E-state index contributed by atoms with van der Waals surface area (Å²) in [5.41, 5.74) is 3.70. The van der Waals surface area contributed by atoms with Gasteiger partial charge in [0.15, 0.2) is 0 Å². The second-order valence-corrected chi connectivity index (χ2v) is 8.74. The van der Waals surface area contributed by atoms with E-state index in [0.29, 0.717) is 35.0 Å². The highest BCUT2D eigenvalue weighted by Gasteiger charge is 2.34. The van der Waals surface area contributed by atoms with E-state index in [1.54, 1.807) is 12.3 Å². The van der Waals surface area contributed by atoms with Crippen molar-refractivity contribution in [3.8, 4) is 22.9 Å². The molecule has 3 aromatic rings. The van der Waals surface area contributed by atoms with Gasteiger partial charge < -0.3 is 14.6 Å². The van der Waals surface area contributed by atoms with Gasteiger partial charge in [-0.25, -0.2) is 9.37 Å². The van der Waals surface area contributed by atoms with Crippen LogP contribution in [-0.4, -0.2) is 28.2 Å². The number of rotatable bonds is 7. The zero-order valence-corrected chi connectivity index (χ0v) is 18.3. The van der Waals surface area contributed by atoms with E-state index in [1.807, 2.05) is 24.3 Å². The molecule has 33 heavy (non-hydrogen) atoms.